The number of rotatable bonds is 3. The third-order valence-corrected chi connectivity index (χ3v) is 0.697. The molecule has 0 aromatic carbocycles. The van der Waals surface area contributed by atoms with Crippen LogP contribution in [-0.2, 0) is 0 Å². The maximum absolute atomic E-state index is 8.05. The highest BCUT2D eigenvalue weighted by molar-refractivity contribution is 5.57. The van der Waals surface area contributed by atoms with Crippen LogP contribution in [0.5, 0.6) is 0 Å². The van der Waals surface area contributed by atoms with Gasteiger partial charge < -0.3 is 0 Å². The van der Waals surface area contributed by atoms with Gasteiger partial charge in [0.1, 0.15) is 0 Å². The van der Waals surface area contributed by atoms with E-state index in [0.29, 0.717) is 6.42 Å². The van der Waals surface area contributed by atoms with Crippen molar-refractivity contribution >= 4 is 6.21 Å². The first-order valence-corrected chi connectivity index (χ1v) is 2.77. The van der Waals surface area contributed by atoms with Crippen LogP contribution in [0.4, 0.5) is 0 Å². The number of hydrogen-bond donors (Lipinski definition) is 0. The molecule has 0 amide bonds. The maximum Gasteiger partial charge on any atom is 0.0625 e. The van der Waals surface area contributed by atoms with Crippen LogP contribution in [0.3, 0.4) is 0 Å². The van der Waals surface area contributed by atoms with Crippen molar-refractivity contribution in [2.45, 2.75) is 19.8 Å². The standard InChI is InChI=1S/C6H10N2/c1-2-8-6-4-3-5-7/h6H,2-4H2,1H3. The Bertz CT molecular complexity index is 99.6. The predicted molar refractivity (Wildman–Crippen MR) is 33.9 cm³/mol. The Morgan fingerprint density at radius 1 is 1.75 bits per heavy atom. The lowest BCUT2D eigenvalue weighted by atomic mass is 10.4. The van der Waals surface area contributed by atoms with Crippen molar-refractivity contribution in [1.82, 2.24) is 0 Å². The Morgan fingerprint density at radius 3 is 3.00 bits per heavy atom. The second-order valence-corrected chi connectivity index (χ2v) is 1.38. The third kappa shape index (κ3) is 5.16. The summed E-state index contributed by atoms with van der Waals surface area (Å²) >= 11 is 0. The molecule has 0 spiro atoms. The molecule has 0 aliphatic heterocycles. The van der Waals surface area contributed by atoms with Crippen molar-refractivity contribution in [2.24, 2.45) is 4.99 Å². The van der Waals surface area contributed by atoms with Crippen molar-refractivity contribution in [3.05, 3.63) is 0 Å². The summed E-state index contributed by atoms with van der Waals surface area (Å²) in [6, 6.07) is 2.04. The number of hydrogen-bond acceptors (Lipinski definition) is 2. The van der Waals surface area contributed by atoms with Crippen LogP contribution in [0.2, 0.25) is 0 Å². The largest absolute Gasteiger partial charge is 0.298 e. The Morgan fingerprint density at radius 2 is 2.50 bits per heavy atom. The highest BCUT2D eigenvalue weighted by atomic mass is 14.7. The molecule has 0 bridgehead atoms. The summed E-state index contributed by atoms with van der Waals surface area (Å²) < 4.78 is 0. The van der Waals surface area contributed by atoms with Gasteiger partial charge in [-0.25, -0.2) is 0 Å². The van der Waals surface area contributed by atoms with Crippen LogP contribution < -0.4 is 0 Å². The minimum Gasteiger partial charge on any atom is -0.298 e. The van der Waals surface area contributed by atoms with Crippen LogP contribution in [0.25, 0.3) is 0 Å². The topological polar surface area (TPSA) is 36.1 Å². The molecule has 0 aromatic heterocycles. The van der Waals surface area contributed by atoms with Crippen LogP contribution in [0, 0.1) is 11.3 Å². The number of nitriles is 1. The van der Waals surface area contributed by atoms with E-state index >= 15 is 0 Å². The lowest BCUT2D eigenvalue weighted by Crippen LogP contribution is -1.74. The zero-order valence-electron chi connectivity index (χ0n) is 5.09. The first-order valence-electron chi connectivity index (χ1n) is 2.77. The van der Waals surface area contributed by atoms with E-state index in [-0.39, 0.29) is 0 Å². The van der Waals surface area contributed by atoms with Gasteiger partial charge in [-0.1, -0.05) is 0 Å². The summed E-state index contributed by atoms with van der Waals surface area (Å²) in [5.74, 6) is 0. The number of aliphatic imine (C=N–C) groups is 1. The minimum absolute atomic E-state index is 0.587. The average Bonchev–Trinajstić information content (AvgIpc) is 1.81. The van der Waals surface area contributed by atoms with Gasteiger partial charge >= 0.3 is 0 Å². The van der Waals surface area contributed by atoms with Crippen molar-refractivity contribution in [1.29, 1.82) is 5.26 Å². The highest BCUT2D eigenvalue weighted by Gasteiger charge is 1.74. The summed E-state index contributed by atoms with van der Waals surface area (Å²) in [5, 5.41) is 8.05. The molecule has 2 nitrogen and oxygen atoms in total. The zero-order chi connectivity index (χ0) is 6.24. The SMILES string of the molecule is CCN=CCCC#N. The van der Waals surface area contributed by atoms with Crippen LogP contribution >= 0.6 is 0 Å². The van der Waals surface area contributed by atoms with E-state index < -0.39 is 0 Å². The molecule has 0 heterocycles. The second kappa shape index (κ2) is 6.16. The van der Waals surface area contributed by atoms with Gasteiger partial charge in [-0.05, 0) is 19.6 Å². The molecule has 44 valence electrons. The lowest BCUT2D eigenvalue weighted by molar-refractivity contribution is 1.08. The summed E-state index contributed by atoms with van der Waals surface area (Å²) in [5.41, 5.74) is 0. The van der Waals surface area contributed by atoms with Gasteiger partial charge in [0.25, 0.3) is 0 Å². The summed E-state index contributed by atoms with van der Waals surface area (Å²) in [4.78, 5) is 3.93. The zero-order valence-corrected chi connectivity index (χ0v) is 5.09. The fourth-order valence-corrected chi connectivity index (χ4v) is 0.349. The second-order valence-electron chi connectivity index (χ2n) is 1.38. The molecule has 0 aliphatic carbocycles. The Kier molecular flexibility index (Phi) is 5.51. The monoisotopic (exact) mass is 110 g/mol. The van der Waals surface area contributed by atoms with Gasteiger partial charge in [-0.3, -0.25) is 4.99 Å². The molecule has 0 unspecified atom stereocenters. The van der Waals surface area contributed by atoms with E-state index in [1.807, 2.05) is 13.0 Å². The Balaban J connectivity index is 2.94. The van der Waals surface area contributed by atoms with Crippen molar-refractivity contribution in [3.63, 3.8) is 0 Å². The molecular formula is C6H10N2. The van der Waals surface area contributed by atoms with Crippen LogP contribution in [-0.4, -0.2) is 12.8 Å². The molecule has 0 rings (SSSR count). The molecule has 0 saturated carbocycles. The fraction of sp³-hybridized carbons (Fsp3) is 0.667. The van der Waals surface area contributed by atoms with Crippen LogP contribution in [0.1, 0.15) is 19.8 Å². The molecule has 0 N–H and O–H groups in total. The smallest absolute Gasteiger partial charge is 0.0625 e. The Labute approximate surface area is 49.9 Å². The maximum atomic E-state index is 8.05. The molecule has 0 aromatic rings. The van der Waals surface area contributed by atoms with Crippen molar-refractivity contribution in [2.75, 3.05) is 6.54 Å². The first-order chi connectivity index (χ1) is 3.91. The minimum atomic E-state index is 0.587. The van der Waals surface area contributed by atoms with Crippen molar-refractivity contribution in [3.8, 4) is 6.07 Å². The van der Waals surface area contributed by atoms with E-state index in [9.17, 15) is 0 Å². The van der Waals surface area contributed by atoms with E-state index in [1.54, 1.807) is 6.21 Å². The normalized spacial score (nSPS) is 9.50. The van der Waals surface area contributed by atoms with Gasteiger partial charge in [0.15, 0.2) is 0 Å². The summed E-state index contributed by atoms with van der Waals surface area (Å²) in [7, 11) is 0. The molecule has 0 saturated heterocycles. The van der Waals surface area contributed by atoms with Gasteiger partial charge in [0.2, 0.25) is 0 Å². The molecule has 0 aliphatic rings. The summed E-state index contributed by atoms with van der Waals surface area (Å²) in [6.07, 6.45) is 3.18. The molecule has 8 heavy (non-hydrogen) atoms. The average molecular weight is 110 g/mol. The van der Waals surface area contributed by atoms with Gasteiger partial charge in [-0.2, -0.15) is 5.26 Å². The van der Waals surface area contributed by atoms with E-state index in [1.165, 1.54) is 0 Å². The molecular weight excluding hydrogens is 100 g/mol. The summed E-state index contributed by atoms with van der Waals surface area (Å²) in [6.45, 7) is 2.80. The molecule has 0 atom stereocenters. The van der Waals surface area contributed by atoms with Crippen molar-refractivity contribution < 1.29 is 0 Å². The molecule has 0 fully saturated rings. The van der Waals surface area contributed by atoms with Gasteiger partial charge in [-0.15, -0.1) is 0 Å². The van der Waals surface area contributed by atoms with E-state index in [2.05, 4.69) is 4.99 Å². The Hall–Kier alpha value is -0.840. The van der Waals surface area contributed by atoms with Crippen LogP contribution in [0.15, 0.2) is 4.99 Å². The third-order valence-electron chi connectivity index (χ3n) is 0.697. The predicted octanol–water partition coefficient (Wildman–Crippen LogP) is 1.38. The fourth-order valence-electron chi connectivity index (χ4n) is 0.349. The quantitative estimate of drug-likeness (QED) is 0.399. The van der Waals surface area contributed by atoms with Gasteiger partial charge in [0.05, 0.1) is 6.07 Å². The molecule has 2 heteroatoms. The van der Waals surface area contributed by atoms with E-state index in [4.69, 9.17) is 5.26 Å². The molecule has 0 radical (unpaired) electrons. The van der Waals surface area contributed by atoms with E-state index in [0.717, 1.165) is 13.0 Å². The number of unbranched alkanes of at least 4 members (excludes halogenated alkanes) is 1. The number of nitrogens with zero attached hydrogens (tertiary/aromatic N) is 2. The van der Waals surface area contributed by atoms with Gasteiger partial charge in [0, 0.05) is 13.0 Å². The first kappa shape index (κ1) is 7.16. The lowest BCUT2D eigenvalue weighted by Gasteiger charge is -1.78. The highest BCUT2D eigenvalue weighted by Crippen LogP contribution is 1.79.